The Labute approximate surface area is 121 Å². The second-order valence-electron chi connectivity index (χ2n) is 6.15. The second kappa shape index (κ2) is 4.38. The van der Waals surface area contributed by atoms with Crippen molar-refractivity contribution in [1.82, 2.24) is 10.2 Å². The molecular formula is C14H16N2O5. The molecule has 4 aliphatic heterocycles. The van der Waals surface area contributed by atoms with Crippen molar-refractivity contribution in [3.8, 4) is 0 Å². The molecule has 4 bridgehead atoms. The van der Waals surface area contributed by atoms with Gasteiger partial charge in [-0.05, 0) is 18.8 Å². The van der Waals surface area contributed by atoms with Crippen molar-refractivity contribution >= 4 is 17.7 Å². The summed E-state index contributed by atoms with van der Waals surface area (Å²) in [6.45, 7) is -0.306. The Hall–Kier alpha value is -1.73. The van der Waals surface area contributed by atoms with Crippen LogP contribution in [-0.4, -0.2) is 47.3 Å². The van der Waals surface area contributed by atoms with Crippen LogP contribution in [0.15, 0.2) is 12.2 Å². The molecule has 5 aliphatic rings. The van der Waals surface area contributed by atoms with Gasteiger partial charge in [0, 0.05) is 25.0 Å². The van der Waals surface area contributed by atoms with Crippen LogP contribution in [0.25, 0.3) is 0 Å². The number of rotatable bonds is 3. The van der Waals surface area contributed by atoms with E-state index in [9.17, 15) is 14.4 Å². The molecule has 0 aromatic heterocycles. The number of nitrogens with one attached hydrogen (secondary N) is 1. The number of amides is 3. The van der Waals surface area contributed by atoms with Gasteiger partial charge in [0.1, 0.15) is 6.54 Å². The summed E-state index contributed by atoms with van der Waals surface area (Å²) < 4.78 is 11.7. The average molecular weight is 292 g/mol. The van der Waals surface area contributed by atoms with E-state index in [1.54, 1.807) is 0 Å². The fourth-order valence-corrected chi connectivity index (χ4v) is 3.82. The molecule has 5 rings (SSSR count). The van der Waals surface area contributed by atoms with Gasteiger partial charge in [0.25, 0.3) is 17.7 Å². The zero-order valence-electron chi connectivity index (χ0n) is 11.4. The molecular weight excluding hydrogens is 276 g/mol. The van der Waals surface area contributed by atoms with Gasteiger partial charge in [0.2, 0.25) is 5.91 Å². The minimum atomic E-state index is -1.06. The summed E-state index contributed by atoms with van der Waals surface area (Å²) in [5, 5.41) is 2.74. The van der Waals surface area contributed by atoms with Gasteiger partial charge in [-0.2, -0.15) is 0 Å². The maximum atomic E-state index is 12.1. The van der Waals surface area contributed by atoms with Crippen LogP contribution in [0.4, 0.5) is 0 Å². The number of imide groups is 1. The summed E-state index contributed by atoms with van der Waals surface area (Å²) >= 11 is 0. The molecule has 1 aliphatic carbocycles. The van der Waals surface area contributed by atoms with Crippen molar-refractivity contribution in [2.75, 3.05) is 6.54 Å². The third-order valence-corrected chi connectivity index (χ3v) is 4.52. The van der Waals surface area contributed by atoms with Crippen LogP contribution >= 0.6 is 0 Å². The normalized spacial score (nSPS) is 40.2. The lowest BCUT2D eigenvalue weighted by Gasteiger charge is -2.55. The number of nitrogens with zero attached hydrogens (tertiary/aromatic N) is 1. The predicted octanol–water partition coefficient (Wildman–Crippen LogP) is -0.331. The molecule has 3 saturated heterocycles. The molecule has 3 amide bonds. The first kappa shape index (κ1) is 13.0. The Morgan fingerprint density at radius 3 is 2.38 bits per heavy atom. The van der Waals surface area contributed by atoms with E-state index >= 15 is 0 Å². The molecule has 1 N–H and O–H groups in total. The lowest BCUT2D eigenvalue weighted by Crippen LogP contribution is -2.67. The van der Waals surface area contributed by atoms with Gasteiger partial charge in [-0.3, -0.25) is 19.3 Å². The highest BCUT2D eigenvalue weighted by Crippen LogP contribution is 2.47. The van der Waals surface area contributed by atoms with Gasteiger partial charge in [-0.15, -0.1) is 0 Å². The van der Waals surface area contributed by atoms with Gasteiger partial charge in [0.15, 0.2) is 0 Å². The van der Waals surface area contributed by atoms with Crippen molar-refractivity contribution in [2.24, 2.45) is 5.92 Å². The van der Waals surface area contributed by atoms with Crippen molar-refractivity contribution in [1.29, 1.82) is 0 Å². The molecule has 0 aromatic carbocycles. The highest BCUT2D eigenvalue weighted by Gasteiger charge is 2.54. The van der Waals surface area contributed by atoms with Crippen LogP contribution < -0.4 is 5.32 Å². The van der Waals surface area contributed by atoms with E-state index in [1.807, 2.05) is 0 Å². The first-order chi connectivity index (χ1) is 10.0. The Morgan fingerprint density at radius 2 is 1.81 bits per heavy atom. The van der Waals surface area contributed by atoms with E-state index in [0.29, 0.717) is 12.3 Å². The maximum Gasteiger partial charge on any atom is 0.254 e. The summed E-state index contributed by atoms with van der Waals surface area (Å²) in [6, 6.07) is 0. The minimum Gasteiger partial charge on any atom is -0.329 e. The predicted molar refractivity (Wildman–Crippen MR) is 68.4 cm³/mol. The molecule has 0 radical (unpaired) electrons. The van der Waals surface area contributed by atoms with Crippen LogP contribution in [0, 0.1) is 5.92 Å². The molecule has 1 saturated carbocycles. The third kappa shape index (κ3) is 2.16. The first-order valence-corrected chi connectivity index (χ1v) is 7.23. The topological polar surface area (TPSA) is 84.9 Å². The van der Waals surface area contributed by atoms with Crippen LogP contribution in [0.3, 0.4) is 0 Å². The van der Waals surface area contributed by atoms with Crippen LogP contribution in [-0.2, 0) is 23.9 Å². The van der Waals surface area contributed by atoms with Gasteiger partial charge < -0.3 is 14.8 Å². The van der Waals surface area contributed by atoms with E-state index in [2.05, 4.69) is 5.32 Å². The number of ether oxygens (including phenoxy) is 2. The van der Waals surface area contributed by atoms with E-state index in [1.165, 1.54) is 0 Å². The van der Waals surface area contributed by atoms with E-state index < -0.39 is 23.6 Å². The summed E-state index contributed by atoms with van der Waals surface area (Å²) in [4.78, 5) is 35.9. The number of carbonyl (C=O) groups is 3. The Bertz CT molecular complexity index is 502. The monoisotopic (exact) mass is 292 g/mol. The van der Waals surface area contributed by atoms with Gasteiger partial charge in [-0.1, -0.05) is 0 Å². The van der Waals surface area contributed by atoms with E-state index in [-0.39, 0.29) is 18.8 Å². The smallest absolute Gasteiger partial charge is 0.254 e. The molecule has 112 valence electrons. The number of hydrogen-bond acceptors (Lipinski definition) is 5. The number of hydrogen-bond donors (Lipinski definition) is 1. The number of carbonyl (C=O) groups excluding carboxylic acids is 3. The molecule has 4 heterocycles. The zero-order valence-corrected chi connectivity index (χ0v) is 11.4. The van der Waals surface area contributed by atoms with E-state index in [4.69, 9.17) is 9.47 Å². The van der Waals surface area contributed by atoms with Gasteiger partial charge in [0.05, 0.1) is 12.2 Å². The summed E-state index contributed by atoms with van der Waals surface area (Å²) in [5.41, 5.74) is 0. The summed E-state index contributed by atoms with van der Waals surface area (Å²) in [7, 11) is 0. The summed E-state index contributed by atoms with van der Waals surface area (Å²) in [5.74, 6) is -1.94. The average Bonchev–Trinajstić information content (AvgIpc) is 2.68. The summed E-state index contributed by atoms with van der Waals surface area (Å²) in [6.07, 6.45) is 6.13. The van der Waals surface area contributed by atoms with Crippen molar-refractivity contribution in [3.63, 3.8) is 0 Å². The molecule has 0 aromatic rings. The van der Waals surface area contributed by atoms with Crippen molar-refractivity contribution in [2.45, 2.75) is 43.8 Å². The zero-order chi connectivity index (χ0) is 14.6. The Kier molecular flexibility index (Phi) is 2.71. The van der Waals surface area contributed by atoms with Crippen LogP contribution in [0.2, 0.25) is 0 Å². The lowest BCUT2D eigenvalue weighted by atomic mass is 9.77. The van der Waals surface area contributed by atoms with Gasteiger partial charge >= 0.3 is 0 Å². The molecule has 0 spiro atoms. The Morgan fingerprint density at radius 1 is 1.19 bits per heavy atom. The largest absolute Gasteiger partial charge is 0.329 e. The lowest BCUT2D eigenvalue weighted by molar-refractivity contribution is -0.379. The highest BCUT2D eigenvalue weighted by atomic mass is 16.7. The molecule has 7 nitrogen and oxygen atoms in total. The SMILES string of the molecule is O=C(CN1C(=O)C=CC1=O)N[C@]12C[C@@H]3C[C@H](C[C@H](C3)O1)O2. The van der Waals surface area contributed by atoms with Crippen molar-refractivity contribution in [3.05, 3.63) is 12.2 Å². The third-order valence-electron chi connectivity index (χ3n) is 4.52. The second-order valence-corrected chi connectivity index (χ2v) is 6.15. The van der Waals surface area contributed by atoms with Crippen LogP contribution in [0.5, 0.6) is 0 Å². The standard InChI is InChI=1S/C14H16N2O5/c17-11(7-16-12(18)1-2-13(16)19)15-14-6-8-3-9(20-14)5-10(4-8)21-14/h1-2,8-10H,3-7H2,(H,15,17)/t8-,9-,10+,14+. The van der Waals surface area contributed by atoms with Gasteiger partial charge in [-0.25, -0.2) is 0 Å². The fourth-order valence-electron chi connectivity index (χ4n) is 3.82. The minimum absolute atomic E-state index is 0.133. The molecule has 4 atom stereocenters. The first-order valence-electron chi connectivity index (χ1n) is 7.23. The van der Waals surface area contributed by atoms with Crippen molar-refractivity contribution < 1.29 is 23.9 Å². The molecule has 21 heavy (non-hydrogen) atoms. The molecule has 0 unspecified atom stereocenters. The Balaban J connectivity index is 1.43. The highest BCUT2D eigenvalue weighted by molar-refractivity contribution is 6.14. The maximum absolute atomic E-state index is 12.1. The fraction of sp³-hybridized carbons (Fsp3) is 0.643. The quantitative estimate of drug-likeness (QED) is 0.720. The molecule has 7 heteroatoms. The molecule has 4 fully saturated rings. The van der Waals surface area contributed by atoms with E-state index in [0.717, 1.165) is 36.3 Å². The van der Waals surface area contributed by atoms with Crippen LogP contribution in [0.1, 0.15) is 25.7 Å².